The lowest BCUT2D eigenvalue weighted by Gasteiger charge is -2.23. The van der Waals surface area contributed by atoms with Crippen LogP contribution in [-0.4, -0.2) is 19.6 Å². The summed E-state index contributed by atoms with van der Waals surface area (Å²) in [6, 6.07) is 15.3. The minimum atomic E-state index is -0.156. The number of nitrogens with zero attached hydrogens (tertiary/aromatic N) is 1. The van der Waals surface area contributed by atoms with Crippen molar-refractivity contribution >= 4 is 23.2 Å². The normalized spacial score (nSPS) is 12.1. The lowest BCUT2D eigenvalue weighted by Crippen LogP contribution is -2.27. The van der Waals surface area contributed by atoms with E-state index in [1.54, 1.807) is 7.11 Å². The molecule has 0 spiro atoms. The van der Waals surface area contributed by atoms with Crippen LogP contribution in [0.4, 0.5) is 5.69 Å². The quantitative estimate of drug-likeness (QED) is 0.641. The molecule has 0 aromatic heterocycles. The van der Waals surface area contributed by atoms with Crippen LogP contribution in [0.3, 0.4) is 0 Å². The second-order valence-electron chi connectivity index (χ2n) is 5.95. The second-order valence-corrected chi connectivity index (χ2v) is 6.39. The number of guanidine groups is 1. The van der Waals surface area contributed by atoms with Gasteiger partial charge in [0.2, 0.25) is 0 Å². The molecule has 0 saturated heterocycles. The van der Waals surface area contributed by atoms with Crippen molar-refractivity contribution in [2.24, 2.45) is 10.7 Å². The highest BCUT2D eigenvalue weighted by Gasteiger charge is 2.20. The number of methoxy groups -OCH3 is 1. The number of aliphatic imine (C=N–C) groups is 1. The molecule has 122 valence electrons. The highest BCUT2D eigenvalue weighted by atomic mass is 35.5. The van der Waals surface area contributed by atoms with Gasteiger partial charge in [-0.1, -0.05) is 37.6 Å². The van der Waals surface area contributed by atoms with Crippen molar-refractivity contribution in [2.75, 3.05) is 19.0 Å². The second kappa shape index (κ2) is 7.38. The molecule has 0 amide bonds. The zero-order valence-electron chi connectivity index (χ0n) is 13.6. The Morgan fingerprint density at radius 2 is 1.91 bits per heavy atom. The van der Waals surface area contributed by atoms with Gasteiger partial charge in [0.15, 0.2) is 5.96 Å². The Hall–Kier alpha value is -2.20. The van der Waals surface area contributed by atoms with Crippen LogP contribution < -0.4 is 15.8 Å². The zero-order valence-corrected chi connectivity index (χ0v) is 14.4. The number of rotatable bonds is 5. The Bertz CT molecular complexity index is 681. The molecule has 0 unspecified atom stereocenters. The molecule has 0 aliphatic rings. The van der Waals surface area contributed by atoms with E-state index in [0.717, 1.165) is 22.0 Å². The first-order chi connectivity index (χ1) is 10.9. The molecule has 3 N–H and O–H groups in total. The highest BCUT2D eigenvalue weighted by molar-refractivity contribution is 6.30. The van der Waals surface area contributed by atoms with Gasteiger partial charge in [-0.15, -0.1) is 0 Å². The Kier molecular flexibility index (Phi) is 5.50. The largest absolute Gasteiger partial charge is 0.497 e. The highest BCUT2D eigenvalue weighted by Crippen LogP contribution is 2.26. The standard InChI is InChI=1S/C18H22ClN3O/c1-18(2,13-5-4-6-14(19)11-13)12-21-17(20)22-15-7-9-16(23-3)10-8-15/h4-11H,12H2,1-3H3,(H3,20,21,22). The predicted octanol–water partition coefficient (Wildman–Crippen LogP) is 4.05. The van der Waals surface area contributed by atoms with E-state index in [4.69, 9.17) is 22.1 Å². The zero-order chi connectivity index (χ0) is 16.9. The van der Waals surface area contributed by atoms with Crippen molar-refractivity contribution in [3.05, 3.63) is 59.1 Å². The third-order valence-electron chi connectivity index (χ3n) is 3.61. The number of nitrogens with two attached hydrogens (primary N) is 1. The average molecular weight is 332 g/mol. The number of nitrogens with one attached hydrogen (secondary N) is 1. The van der Waals surface area contributed by atoms with Crippen LogP contribution in [0.15, 0.2) is 53.5 Å². The van der Waals surface area contributed by atoms with E-state index in [0.29, 0.717) is 12.5 Å². The van der Waals surface area contributed by atoms with E-state index in [1.807, 2.05) is 42.5 Å². The van der Waals surface area contributed by atoms with Gasteiger partial charge in [0, 0.05) is 16.1 Å². The Labute approximate surface area is 142 Å². The van der Waals surface area contributed by atoms with Crippen molar-refractivity contribution in [1.29, 1.82) is 0 Å². The lowest BCUT2D eigenvalue weighted by atomic mass is 9.85. The molecule has 4 nitrogen and oxygen atoms in total. The molecule has 0 saturated carbocycles. The van der Waals surface area contributed by atoms with E-state index < -0.39 is 0 Å². The summed E-state index contributed by atoms with van der Waals surface area (Å²) in [4.78, 5) is 4.45. The summed E-state index contributed by atoms with van der Waals surface area (Å²) in [5.41, 5.74) is 7.82. The SMILES string of the molecule is COc1ccc(NC(N)=NCC(C)(C)c2cccc(Cl)c2)cc1. The van der Waals surface area contributed by atoms with Gasteiger partial charge >= 0.3 is 0 Å². The number of ether oxygens (including phenoxy) is 1. The van der Waals surface area contributed by atoms with E-state index in [-0.39, 0.29) is 5.41 Å². The fraction of sp³-hybridized carbons (Fsp3) is 0.278. The summed E-state index contributed by atoms with van der Waals surface area (Å²) in [5.74, 6) is 1.18. The topological polar surface area (TPSA) is 59.6 Å². The Balaban J connectivity index is 2.02. The van der Waals surface area contributed by atoms with Gasteiger partial charge < -0.3 is 15.8 Å². The molecule has 2 rings (SSSR count). The fourth-order valence-electron chi connectivity index (χ4n) is 2.15. The molecule has 0 aliphatic heterocycles. The molecule has 5 heteroatoms. The van der Waals surface area contributed by atoms with Crippen molar-refractivity contribution in [1.82, 2.24) is 0 Å². The first-order valence-corrected chi connectivity index (χ1v) is 7.75. The molecular formula is C18H22ClN3O. The predicted molar refractivity (Wildman–Crippen MR) is 97.6 cm³/mol. The summed E-state index contributed by atoms with van der Waals surface area (Å²) in [7, 11) is 1.64. The van der Waals surface area contributed by atoms with Gasteiger partial charge in [-0.05, 0) is 42.0 Å². The van der Waals surface area contributed by atoms with E-state index in [2.05, 4.69) is 30.2 Å². The van der Waals surface area contributed by atoms with Gasteiger partial charge in [-0.3, -0.25) is 4.99 Å². The number of hydrogen-bond donors (Lipinski definition) is 2. The van der Waals surface area contributed by atoms with E-state index in [9.17, 15) is 0 Å². The summed E-state index contributed by atoms with van der Waals surface area (Å²) in [6.07, 6.45) is 0. The molecule has 0 atom stereocenters. The van der Waals surface area contributed by atoms with Crippen LogP contribution in [0.5, 0.6) is 5.75 Å². The van der Waals surface area contributed by atoms with E-state index >= 15 is 0 Å². The number of anilines is 1. The van der Waals surface area contributed by atoms with Gasteiger partial charge in [-0.25, -0.2) is 0 Å². The van der Waals surface area contributed by atoms with Crippen molar-refractivity contribution in [3.63, 3.8) is 0 Å². The van der Waals surface area contributed by atoms with Crippen molar-refractivity contribution in [2.45, 2.75) is 19.3 Å². The maximum atomic E-state index is 6.06. The smallest absolute Gasteiger partial charge is 0.193 e. The van der Waals surface area contributed by atoms with E-state index in [1.165, 1.54) is 0 Å². The van der Waals surface area contributed by atoms with Crippen LogP contribution in [-0.2, 0) is 5.41 Å². The minimum Gasteiger partial charge on any atom is -0.497 e. The maximum Gasteiger partial charge on any atom is 0.193 e. The molecule has 0 heterocycles. The maximum absolute atomic E-state index is 6.06. The first kappa shape index (κ1) is 17.2. The third kappa shape index (κ3) is 4.89. The number of benzene rings is 2. The van der Waals surface area contributed by atoms with Gasteiger partial charge in [0.1, 0.15) is 5.75 Å². The van der Waals surface area contributed by atoms with Crippen molar-refractivity contribution in [3.8, 4) is 5.75 Å². The molecule has 0 fully saturated rings. The van der Waals surface area contributed by atoms with Crippen molar-refractivity contribution < 1.29 is 4.74 Å². The first-order valence-electron chi connectivity index (χ1n) is 7.38. The van der Waals surface area contributed by atoms with Crippen LogP contribution >= 0.6 is 11.6 Å². The van der Waals surface area contributed by atoms with Gasteiger partial charge in [0.05, 0.1) is 13.7 Å². The molecule has 0 bridgehead atoms. The van der Waals surface area contributed by atoms with Gasteiger partial charge in [-0.2, -0.15) is 0 Å². The number of halogens is 1. The molecule has 2 aromatic rings. The average Bonchev–Trinajstić information content (AvgIpc) is 2.54. The fourth-order valence-corrected chi connectivity index (χ4v) is 2.34. The summed E-state index contributed by atoms with van der Waals surface area (Å²) in [5, 5.41) is 3.80. The molecule has 0 radical (unpaired) electrons. The van der Waals surface area contributed by atoms with Crippen LogP contribution in [0.1, 0.15) is 19.4 Å². The van der Waals surface area contributed by atoms with Crippen LogP contribution in [0.25, 0.3) is 0 Å². The molecule has 0 aliphatic carbocycles. The Morgan fingerprint density at radius 3 is 2.52 bits per heavy atom. The summed E-state index contributed by atoms with van der Waals surface area (Å²) in [6.45, 7) is 4.79. The lowest BCUT2D eigenvalue weighted by molar-refractivity contribution is 0.415. The summed E-state index contributed by atoms with van der Waals surface area (Å²) >= 11 is 6.06. The number of hydrogen-bond acceptors (Lipinski definition) is 2. The molecule has 2 aromatic carbocycles. The monoisotopic (exact) mass is 331 g/mol. The Morgan fingerprint density at radius 1 is 1.22 bits per heavy atom. The van der Waals surface area contributed by atoms with Crippen LogP contribution in [0, 0.1) is 0 Å². The molecular weight excluding hydrogens is 310 g/mol. The minimum absolute atomic E-state index is 0.156. The molecule has 23 heavy (non-hydrogen) atoms. The van der Waals surface area contributed by atoms with Crippen LogP contribution in [0.2, 0.25) is 5.02 Å². The summed E-state index contributed by atoms with van der Waals surface area (Å²) < 4.78 is 5.12. The third-order valence-corrected chi connectivity index (χ3v) is 3.85. The van der Waals surface area contributed by atoms with Gasteiger partial charge in [0.25, 0.3) is 0 Å².